The molecule has 1 aliphatic carbocycles. The Morgan fingerprint density at radius 2 is 1.67 bits per heavy atom. The van der Waals surface area contributed by atoms with Crippen LogP contribution in [0.2, 0.25) is 0 Å². The fourth-order valence-corrected chi connectivity index (χ4v) is 3.97. The summed E-state index contributed by atoms with van der Waals surface area (Å²) in [6, 6.07) is 14.7. The molecule has 0 aliphatic heterocycles. The lowest BCUT2D eigenvalue weighted by atomic mass is 9.85. The molecule has 4 rings (SSSR count). The normalized spacial score (nSPS) is 19.6. The second kappa shape index (κ2) is 7.93. The van der Waals surface area contributed by atoms with E-state index < -0.39 is 24.0 Å². The van der Waals surface area contributed by atoms with Gasteiger partial charge in [-0.25, -0.2) is 0 Å². The van der Waals surface area contributed by atoms with E-state index in [0.717, 1.165) is 4.68 Å². The van der Waals surface area contributed by atoms with Crippen molar-refractivity contribution in [1.82, 2.24) is 15.1 Å². The second-order valence-corrected chi connectivity index (χ2v) is 7.52. The minimum absolute atomic E-state index is 0.0168. The van der Waals surface area contributed by atoms with Crippen molar-refractivity contribution in [2.24, 2.45) is 5.92 Å². The first-order valence-electron chi connectivity index (χ1n) is 9.79. The summed E-state index contributed by atoms with van der Waals surface area (Å²) in [5.41, 5.74) is 0.142. The molecule has 3 aromatic rings. The molecule has 2 atom stereocenters. The fourth-order valence-electron chi connectivity index (χ4n) is 3.97. The van der Waals surface area contributed by atoms with Crippen LogP contribution in [0.25, 0.3) is 16.5 Å². The number of halogens is 3. The first kappa shape index (κ1) is 20.1. The van der Waals surface area contributed by atoms with E-state index in [1.807, 2.05) is 0 Å². The van der Waals surface area contributed by atoms with Gasteiger partial charge in [-0.2, -0.15) is 23.0 Å². The lowest BCUT2D eigenvalue weighted by Gasteiger charge is -2.31. The lowest BCUT2D eigenvalue weighted by Crippen LogP contribution is -2.42. The van der Waals surface area contributed by atoms with Crippen LogP contribution in [-0.4, -0.2) is 27.9 Å². The third kappa shape index (κ3) is 3.94. The molecular weight excluding hydrogens is 395 g/mol. The zero-order valence-corrected chi connectivity index (χ0v) is 16.0. The van der Waals surface area contributed by atoms with Crippen LogP contribution in [-0.2, 0) is 0 Å². The number of aromatic nitrogens is 2. The Hall–Kier alpha value is -3.16. The Morgan fingerprint density at radius 3 is 2.37 bits per heavy atom. The number of hydrogen-bond donors (Lipinski definition) is 1. The van der Waals surface area contributed by atoms with E-state index in [2.05, 4.69) is 10.4 Å². The Kier molecular flexibility index (Phi) is 5.32. The minimum atomic E-state index is -4.27. The van der Waals surface area contributed by atoms with Gasteiger partial charge in [0, 0.05) is 11.4 Å². The summed E-state index contributed by atoms with van der Waals surface area (Å²) in [4.78, 5) is 25.9. The van der Waals surface area contributed by atoms with Crippen molar-refractivity contribution in [2.75, 3.05) is 0 Å². The fraction of sp³-hybridized carbons (Fsp3) is 0.318. The van der Waals surface area contributed by atoms with Crippen LogP contribution in [0, 0.1) is 5.92 Å². The average Bonchev–Trinajstić information content (AvgIpc) is 2.74. The first-order chi connectivity index (χ1) is 14.3. The molecular formula is C22H20F3N3O2. The number of nitrogens with zero attached hydrogens (tertiary/aromatic N) is 2. The maximum absolute atomic E-state index is 13.1. The number of para-hydroxylation sites is 1. The number of alkyl halides is 3. The molecule has 5 nitrogen and oxygen atoms in total. The predicted molar refractivity (Wildman–Crippen MR) is 107 cm³/mol. The van der Waals surface area contributed by atoms with E-state index in [4.69, 9.17) is 0 Å². The molecule has 156 valence electrons. The van der Waals surface area contributed by atoms with Gasteiger partial charge in [-0.15, -0.1) is 0 Å². The molecule has 1 N–H and O–H groups in total. The number of fused-ring (bicyclic) bond motifs is 1. The van der Waals surface area contributed by atoms with Crippen LogP contribution in [0.5, 0.6) is 0 Å². The molecule has 0 spiro atoms. The summed E-state index contributed by atoms with van der Waals surface area (Å²) in [7, 11) is 0. The number of carbonyl (C=O) groups is 1. The molecule has 1 amide bonds. The molecule has 2 unspecified atom stereocenters. The zero-order valence-electron chi connectivity index (χ0n) is 16.0. The number of nitrogens with one attached hydrogen (secondary N) is 1. The van der Waals surface area contributed by atoms with Crippen LogP contribution >= 0.6 is 0 Å². The number of hydrogen-bond acceptors (Lipinski definition) is 3. The third-order valence-corrected chi connectivity index (χ3v) is 5.49. The summed E-state index contributed by atoms with van der Waals surface area (Å²) in [5.74, 6) is -2.00. The topological polar surface area (TPSA) is 64.0 Å². The van der Waals surface area contributed by atoms with Gasteiger partial charge in [-0.1, -0.05) is 42.8 Å². The molecule has 1 aromatic heterocycles. The maximum atomic E-state index is 13.1. The van der Waals surface area contributed by atoms with Crippen molar-refractivity contribution in [1.29, 1.82) is 0 Å². The van der Waals surface area contributed by atoms with Crippen molar-refractivity contribution >= 4 is 16.7 Å². The maximum Gasteiger partial charge on any atom is 0.391 e. The Balaban J connectivity index is 1.70. The first-order valence-corrected chi connectivity index (χ1v) is 9.79. The van der Waals surface area contributed by atoms with Crippen molar-refractivity contribution < 1.29 is 18.0 Å². The van der Waals surface area contributed by atoms with E-state index in [1.54, 1.807) is 54.6 Å². The summed E-state index contributed by atoms with van der Waals surface area (Å²) in [6.45, 7) is 0. The quantitative estimate of drug-likeness (QED) is 0.696. The van der Waals surface area contributed by atoms with Gasteiger partial charge in [0.2, 0.25) is 0 Å². The van der Waals surface area contributed by atoms with Crippen molar-refractivity contribution in [3.8, 4) is 5.69 Å². The molecule has 1 aliphatic rings. The third-order valence-electron chi connectivity index (χ3n) is 5.49. The highest BCUT2D eigenvalue weighted by atomic mass is 19.4. The average molecular weight is 415 g/mol. The second-order valence-electron chi connectivity index (χ2n) is 7.52. The predicted octanol–water partition coefficient (Wildman–Crippen LogP) is 4.24. The Morgan fingerprint density at radius 1 is 1.00 bits per heavy atom. The summed E-state index contributed by atoms with van der Waals surface area (Å²) in [5, 5.41) is 7.67. The molecule has 0 saturated heterocycles. The largest absolute Gasteiger partial charge is 0.391 e. The van der Waals surface area contributed by atoms with Gasteiger partial charge in [-0.05, 0) is 37.5 Å². The van der Waals surface area contributed by atoms with Crippen LogP contribution in [0.1, 0.15) is 36.2 Å². The van der Waals surface area contributed by atoms with Gasteiger partial charge in [0.25, 0.3) is 11.5 Å². The monoisotopic (exact) mass is 415 g/mol. The van der Waals surface area contributed by atoms with Crippen LogP contribution in [0.15, 0.2) is 59.4 Å². The van der Waals surface area contributed by atoms with Gasteiger partial charge in [0.1, 0.15) is 0 Å². The molecule has 1 fully saturated rings. The molecule has 30 heavy (non-hydrogen) atoms. The summed E-state index contributed by atoms with van der Waals surface area (Å²) >= 11 is 0. The van der Waals surface area contributed by atoms with Crippen molar-refractivity contribution in [2.45, 2.75) is 37.9 Å². The molecule has 0 radical (unpaired) electrons. The smallest absolute Gasteiger partial charge is 0.348 e. The van der Waals surface area contributed by atoms with Gasteiger partial charge in [-0.3, -0.25) is 9.59 Å². The highest BCUT2D eigenvalue weighted by molar-refractivity contribution is 6.05. The highest BCUT2D eigenvalue weighted by Crippen LogP contribution is 2.37. The molecule has 2 aromatic carbocycles. The van der Waals surface area contributed by atoms with Crippen molar-refractivity contribution in [3.63, 3.8) is 0 Å². The molecule has 0 bridgehead atoms. The standard InChI is InChI=1S/C22H20F3N3O2/c23-22(24,25)14-7-6-8-15(13-14)26-20(29)19-17-11-4-5-12-18(17)21(30)28(27-19)16-9-2-1-3-10-16/h1-5,9-12,14-15H,6-8,13H2,(H,26,29). The van der Waals surface area contributed by atoms with Gasteiger partial charge in [0.15, 0.2) is 5.69 Å². The molecule has 8 heteroatoms. The van der Waals surface area contributed by atoms with E-state index in [-0.39, 0.29) is 24.1 Å². The number of rotatable bonds is 3. The zero-order chi connectivity index (χ0) is 21.3. The van der Waals surface area contributed by atoms with E-state index in [1.165, 1.54) is 0 Å². The van der Waals surface area contributed by atoms with Crippen LogP contribution in [0.4, 0.5) is 13.2 Å². The van der Waals surface area contributed by atoms with Gasteiger partial charge >= 0.3 is 6.18 Å². The Labute approximate surface area is 170 Å². The van der Waals surface area contributed by atoms with Crippen LogP contribution < -0.4 is 10.9 Å². The number of benzene rings is 2. The van der Waals surface area contributed by atoms with E-state index >= 15 is 0 Å². The van der Waals surface area contributed by atoms with Crippen molar-refractivity contribution in [3.05, 3.63) is 70.6 Å². The number of amides is 1. The van der Waals surface area contributed by atoms with Crippen LogP contribution in [0.3, 0.4) is 0 Å². The molecule has 1 saturated carbocycles. The minimum Gasteiger partial charge on any atom is -0.348 e. The Bertz CT molecular complexity index is 1130. The number of carbonyl (C=O) groups excluding carboxylic acids is 1. The summed E-state index contributed by atoms with van der Waals surface area (Å²) in [6.07, 6.45) is -3.46. The van der Waals surface area contributed by atoms with Gasteiger partial charge < -0.3 is 5.32 Å². The van der Waals surface area contributed by atoms with E-state index in [0.29, 0.717) is 29.3 Å². The lowest BCUT2D eigenvalue weighted by molar-refractivity contribution is -0.183. The van der Waals surface area contributed by atoms with Gasteiger partial charge in [0.05, 0.1) is 17.0 Å². The SMILES string of the molecule is O=C(NC1CCCC(C(F)(F)F)C1)c1nn(-c2ccccc2)c(=O)c2ccccc12. The highest BCUT2D eigenvalue weighted by Gasteiger charge is 2.42. The summed E-state index contributed by atoms with van der Waals surface area (Å²) < 4.78 is 40.5. The molecule has 1 heterocycles. The van der Waals surface area contributed by atoms with E-state index in [9.17, 15) is 22.8 Å².